The molecule has 0 saturated heterocycles. The van der Waals surface area contributed by atoms with Gasteiger partial charge in [-0.2, -0.15) is 0 Å². The van der Waals surface area contributed by atoms with Gasteiger partial charge in [0, 0.05) is 0 Å². The van der Waals surface area contributed by atoms with Crippen molar-refractivity contribution >= 4 is 12.8 Å². The topological polar surface area (TPSA) is 74.1 Å². The molecule has 0 aliphatic rings. The number of nitrogens with one attached hydrogen (secondary N) is 1. The molecule has 0 saturated carbocycles. The van der Waals surface area contributed by atoms with E-state index >= 15 is 0 Å². The summed E-state index contributed by atoms with van der Waals surface area (Å²) >= 11 is 0. The van der Waals surface area contributed by atoms with Gasteiger partial charge in [0.15, 0.2) is 0 Å². The summed E-state index contributed by atoms with van der Waals surface area (Å²) in [6.07, 6.45) is 0.908. The Labute approximate surface area is 70.6 Å². The minimum atomic E-state index is -0.435. The summed E-state index contributed by atoms with van der Waals surface area (Å²) in [7, 11) is 0. The quantitative estimate of drug-likeness (QED) is 0.375. The molecule has 12 heavy (non-hydrogen) atoms. The third-order valence-corrected chi connectivity index (χ3v) is 1.04. The SMILES string of the molecule is CC(C)(C)N(C=O)/N=N/NC=O. The Hall–Kier alpha value is -1.46. The highest BCUT2D eigenvalue weighted by Crippen LogP contribution is 2.10. The molecule has 2 amide bonds. The first-order valence-electron chi connectivity index (χ1n) is 3.37. The first-order chi connectivity index (χ1) is 5.52. The molecular weight excluding hydrogens is 160 g/mol. The smallest absolute Gasteiger partial charge is 0.231 e. The number of rotatable bonds is 4. The molecule has 0 spiro atoms. The third kappa shape index (κ3) is 3.65. The van der Waals surface area contributed by atoms with E-state index in [2.05, 4.69) is 10.4 Å². The van der Waals surface area contributed by atoms with E-state index < -0.39 is 5.54 Å². The second kappa shape index (κ2) is 4.42. The monoisotopic (exact) mass is 172 g/mol. The van der Waals surface area contributed by atoms with Gasteiger partial charge in [-0.15, -0.1) is 0 Å². The Bertz CT molecular complexity index is 184. The summed E-state index contributed by atoms with van der Waals surface area (Å²) in [6, 6.07) is 0. The van der Waals surface area contributed by atoms with Crippen LogP contribution in [0.4, 0.5) is 0 Å². The summed E-state index contributed by atoms with van der Waals surface area (Å²) in [5.74, 6) is 0. The van der Waals surface area contributed by atoms with Gasteiger partial charge in [0.05, 0.1) is 5.54 Å². The molecule has 0 bridgehead atoms. The zero-order valence-corrected chi connectivity index (χ0v) is 7.31. The van der Waals surface area contributed by atoms with Crippen molar-refractivity contribution in [2.45, 2.75) is 26.3 Å². The first kappa shape index (κ1) is 10.5. The Morgan fingerprint density at radius 3 is 2.25 bits per heavy atom. The minimum Gasteiger partial charge on any atom is -0.277 e. The zero-order valence-electron chi connectivity index (χ0n) is 7.31. The van der Waals surface area contributed by atoms with Crippen LogP contribution in [0, 0.1) is 0 Å². The number of hydrogen-bond acceptors (Lipinski definition) is 4. The molecule has 0 fully saturated rings. The van der Waals surface area contributed by atoms with Gasteiger partial charge in [-0.05, 0) is 31.2 Å². The summed E-state index contributed by atoms with van der Waals surface area (Å²) in [5, 5.41) is 7.78. The summed E-state index contributed by atoms with van der Waals surface area (Å²) in [5.41, 5.74) is 1.53. The molecule has 0 aromatic carbocycles. The van der Waals surface area contributed by atoms with Crippen LogP contribution in [0.2, 0.25) is 0 Å². The van der Waals surface area contributed by atoms with Crippen molar-refractivity contribution in [3.8, 4) is 0 Å². The van der Waals surface area contributed by atoms with Gasteiger partial charge in [0.1, 0.15) is 0 Å². The van der Waals surface area contributed by atoms with Gasteiger partial charge < -0.3 is 0 Å². The Morgan fingerprint density at radius 1 is 1.33 bits per heavy atom. The highest BCUT2D eigenvalue weighted by Gasteiger charge is 2.18. The van der Waals surface area contributed by atoms with E-state index in [1.807, 2.05) is 5.43 Å². The van der Waals surface area contributed by atoms with Gasteiger partial charge in [-0.1, -0.05) is 0 Å². The molecule has 68 valence electrons. The second-order valence-corrected chi connectivity index (χ2v) is 3.06. The number of amides is 2. The van der Waals surface area contributed by atoms with Gasteiger partial charge >= 0.3 is 0 Å². The van der Waals surface area contributed by atoms with Gasteiger partial charge in [-0.25, -0.2) is 10.4 Å². The molecule has 6 heteroatoms. The Morgan fingerprint density at radius 2 is 1.92 bits per heavy atom. The van der Waals surface area contributed by atoms with Gasteiger partial charge in [0.2, 0.25) is 12.8 Å². The highest BCUT2D eigenvalue weighted by molar-refractivity contribution is 5.47. The standard InChI is InChI=1S/C6H12N4O2/c1-6(2,3)10(5-12)9-8-7-4-11/h4-5H,1-3H3,(H,7,9,11). The van der Waals surface area contributed by atoms with Crippen LogP contribution in [0.3, 0.4) is 0 Å². The largest absolute Gasteiger partial charge is 0.277 e. The van der Waals surface area contributed by atoms with E-state index in [1.165, 1.54) is 0 Å². The van der Waals surface area contributed by atoms with E-state index in [1.54, 1.807) is 20.8 Å². The number of hydrogen-bond donors (Lipinski definition) is 1. The Balaban J connectivity index is 4.17. The molecular formula is C6H12N4O2. The molecule has 0 heterocycles. The van der Waals surface area contributed by atoms with E-state index in [0.29, 0.717) is 12.8 Å². The van der Waals surface area contributed by atoms with E-state index in [4.69, 9.17) is 0 Å². The second-order valence-electron chi connectivity index (χ2n) is 3.06. The molecule has 0 aromatic heterocycles. The van der Waals surface area contributed by atoms with Crippen LogP contribution in [0.1, 0.15) is 20.8 Å². The average molecular weight is 172 g/mol. The van der Waals surface area contributed by atoms with Gasteiger partial charge in [0.25, 0.3) is 0 Å². The number of carbonyl (C=O) groups excluding carboxylic acids is 2. The lowest BCUT2D eigenvalue weighted by Gasteiger charge is -2.25. The van der Waals surface area contributed by atoms with Crippen LogP contribution in [-0.4, -0.2) is 23.4 Å². The van der Waals surface area contributed by atoms with E-state index in [0.717, 1.165) is 5.01 Å². The minimum absolute atomic E-state index is 0.370. The molecule has 6 nitrogen and oxygen atoms in total. The Kier molecular flexibility index (Phi) is 3.89. The molecule has 0 radical (unpaired) electrons. The fourth-order valence-electron chi connectivity index (χ4n) is 0.411. The van der Waals surface area contributed by atoms with Crippen molar-refractivity contribution < 1.29 is 9.59 Å². The highest BCUT2D eigenvalue weighted by atomic mass is 16.2. The maximum absolute atomic E-state index is 10.4. The maximum atomic E-state index is 10.4. The summed E-state index contributed by atoms with van der Waals surface area (Å²) in [6.45, 7) is 5.38. The van der Waals surface area contributed by atoms with Gasteiger partial charge in [-0.3, -0.25) is 9.59 Å². The fraction of sp³-hybridized carbons (Fsp3) is 0.667. The van der Waals surface area contributed by atoms with Crippen LogP contribution in [-0.2, 0) is 9.59 Å². The van der Waals surface area contributed by atoms with E-state index in [9.17, 15) is 9.59 Å². The number of carbonyl (C=O) groups is 2. The summed E-state index contributed by atoms with van der Waals surface area (Å²) in [4.78, 5) is 20.2. The number of nitrogens with zero attached hydrogens (tertiary/aromatic N) is 3. The first-order valence-corrected chi connectivity index (χ1v) is 3.37. The summed E-state index contributed by atoms with van der Waals surface area (Å²) < 4.78 is 0. The molecule has 0 rings (SSSR count). The molecule has 0 aliphatic heterocycles. The van der Waals surface area contributed by atoms with Crippen LogP contribution >= 0.6 is 0 Å². The molecule has 1 N–H and O–H groups in total. The fourth-order valence-corrected chi connectivity index (χ4v) is 0.411. The molecule has 0 unspecified atom stereocenters. The van der Waals surface area contributed by atoms with Crippen molar-refractivity contribution in [2.75, 3.05) is 0 Å². The molecule has 0 aliphatic carbocycles. The zero-order chi connectivity index (χ0) is 9.61. The predicted octanol–water partition coefficient (Wildman–Crippen LogP) is 0.271. The van der Waals surface area contributed by atoms with Crippen LogP contribution in [0.5, 0.6) is 0 Å². The van der Waals surface area contributed by atoms with Crippen molar-refractivity contribution in [2.24, 2.45) is 10.4 Å². The third-order valence-electron chi connectivity index (χ3n) is 1.04. The molecule has 0 aromatic rings. The van der Waals surface area contributed by atoms with Crippen LogP contribution < -0.4 is 5.43 Å². The predicted molar refractivity (Wildman–Crippen MR) is 41.7 cm³/mol. The lowest BCUT2D eigenvalue weighted by molar-refractivity contribution is -0.123. The van der Waals surface area contributed by atoms with Crippen LogP contribution in [0.15, 0.2) is 10.4 Å². The van der Waals surface area contributed by atoms with Crippen molar-refractivity contribution in [3.63, 3.8) is 0 Å². The van der Waals surface area contributed by atoms with Crippen molar-refractivity contribution in [1.29, 1.82) is 0 Å². The lowest BCUT2D eigenvalue weighted by Crippen LogP contribution is -2.36. The van der Waals surface area contributed by atoms with Crippen molar-refractivity contribution in [1.82, 2.24) is 10.4 Å². The maximum Gasteiger partial charge on any atom is 0.231 e. The van der Waals surface area contributed by atoms with E-state index in [-0.39, 0.29) is 0 Å². The average Bonchev–Trinajstić information content (AvgIpc) is 1.95. The van der Waals surface area contributed by atoms with Crippen LogP contribution in [0.25, 0.3) is 0 Å². The lowest BCUT2D eigenvalue weighted by atomic mass is 10.1. The molecule has 0 atom stereocenters. The normalized spacial score (nSPS) is 11.2. The van der Waals surface area contributed by atoms with Crippen molar-refractivity contribution in [3.05, 3.63) is 0 Å².